The van der Waals surface area contributed by atoms with Gasteiger partial charge in [0.15, 0.2) is 0 Å². The molecule has 0 fully saturated rings. The maximum Gasteiger partial charge on any atom is 0.140 e. The molecule has 0 unspecified atom stereocenters. The van der Waals surface area contributed by atoms with Gasteiger partial charge in [0.05, 0.1) is 0 Å². The van der Waals surface area contributed by atoms with E-state index >= 15 is 0 Å². The second-order valence-electron chi connectivity index (χ2n) is 6.69. The summed E-state index contributed by atoms with van der Waals surface area (Å²) in [7, 11) is 0. The summed E-state index contributed by atoms with van der Waals surface area (Å²) in [5, 5.41) is 0. The number of Topliss-reactive ketones (excluding diaryl/α,β-unsaturated/α-hetero) is 1. The third-order valence-electron chi connectivity index (χ3n) is 3.54. The Morgan fingerprint density at radius 3 is 1.32 bits per heavy atom. The largest absolute Gasteiger partial charge is 0.299 e. The van der Waals surface area contributed by atoms with Gasteiger partial charge in [0, 0.05) is 12.8 Å². The van der Waals surface area contributed by atoms with E-state index in [4.69, 9.17) is 0 Å². The summed E-state index contributed by atoms with van der Waals surface area (Å²) in [6.45, 7) is 12.7. The first-order valence-corrected chi connectivity index (χ1v) is 8.41. The first kappa shape index (κ1) is 20.6. The average Bonchev–Trinajstić information content (AvgIpc) is 2.42. The summed E-state index contributed by atoms with van der Waals surface area (Å²) in [5.74, 6) is 0.308. The van der Waals surface area contributed by atoms with E-state index in [2.05, 4.69) is 65.8 Å². The fourth-order valence-electron chi connectivity index (χ4n) is 2.04. The van der Waals surface area contributed by atoms with E-state index in [1.807, 2.05) is 0 Å². The van der Waals surface area contributed by atoms with Crippen molar-refractivity contribution >= 4 is 5.78 Å². The van der Waals surface area contributed by atoms with Gasteiger partial charge < -0.3 is 0 Å². The van der Waals surface area contributed by atoms with E-state index in [1.165, 1.54) is 22.3 Å². The van der Waals surface area contributed by atoms with Crippen molar-refractivity contribution in [3.8, 4) is 0 Å². The normalized spacial score (nSPS) is 12.1. The van der Waals surface area contributed by atoms with Gasteiger partial charge in [-0.25, -0.2) is 0 Å². The number of ketones is 1. The molecule has 0 aromatic carbocycles. The van der Waals surface area contributed by atoms with E-state index in [-0.39, 0.29) is 0 Å². The van der Waals surface area contributed by atoms with Crippen LogP contribution in [0.15, 0.2) is 46.6 Å². The molecule has 0 saturated heterocycles. The maximum atomic E-state index is 11.9. The molecule has 0 rings (SSSR count). The van der Waals surface area contributed by atoms with E-state index in [1.54, 1.807) is 0 Å². The molecule has 124 valence electrons. The highest BCUT2D eigenvalue weighted by atomic mass is 16.1. The van der Waals surface area contributed by atoms with E-state index in [9.17, 15) is 4.79 Å². The Kier molecular flexibility index (Phi) is 11.4. The lowest BCUT2D eigenvalue weighted by Gasteiger charge is -2.01. The zero-order chi connectivity index (χ0) is 17.0. The molecule has 0 atom stereocenters. The average molecular weight is 303 g/mol. The molecule has 0 aromatic heterocycles. The number of rotatable bonds is 10. The van der Waals surface area contributed by atoms with Crippen LogP contribution >= 0.6 is 0 Å². The Morgan fingerprint density at radius 1 is 0.636 bits per heavy atom. The molecule has 0 aliphatic rings. The van der Waals surface area contributed by atoms with E-state index in [0.717, 1.165) is 25.7 Å². The first-order valence-electron chi connectivity index (χ1n) is 8.41. The summed E-state index contributed by atoms with van der Waals surface area (Å²) in [5.41, 5.74) is 5.35. The molecule has 0 bridgehead atoms. The Labute approximate surface area is 137 Å². The van der Waals surface area contributed by atoms with Crippen molar-refractivity contribution in [3.05, 3.63) is 46.6 Å². The monoisotopic (exact) mass is 302 g/mol. The van der Waals surface area contributed by atoms with Crippen LogP contribution in [0.3, 0.4) is 0 Å². The van der Waals surface area contributed by atoms with Gasteiger partial charge in [-0.05, 0) is 67.2 Å². The molecular weight excluding hydrogens is 268 g/mol. The van der Waals surface area contributed by atoms with Gasteiger partial charge in [-0.2, -0.15) is 0 Å². The summed E-state index contributed by atoms with van der Waals surface area (Å²) < 4.78 is 0. The van der Waals surface area contributed by atoms with Gasteiger partial charge in [-0.15, -0.1) is 0 Å². The van der Waals surface area contributed by atoms with Crippen LogP contribution in [0.1, 0.15) is 80.1 Å². The minimum absolute atomic E-state index is 0.308. The van der Waals surface area contributed by atoms with Gasteiger partial charge in [0.2, 0.25) is 0 Å². The van der Waals surface area contributed by atoms with Crippen molar-refractivity contribution < 1.29 is 4.79 Å². The highest BCUT2D eigenvalue weighted by Crippen LogP contribution is 2.10. The quantitative estimate of drug-likeness (QED) is 0.409. The fraction of sp³-hybridized carbons (Fsp3) is 0.571. The van der Waals surface area contributed by atoms with E-state index < -0.39 is 0 Å². The third kappa shape index (κ3) is 13.6. The lowest BCUT2D eigenvalue weighted by molar-refractivity contribution is -0.117. The summed E-state index contributed by atoms with van der Waals surface area (Å²) >= 11 is 0. The topological polar surface area (TPSA) is 17.1 Å². The SMILES string of the molecule is CC(C)=CCCC(C)=CCC(=O)CC=C(C)CCC=C(C)C. The number of carbonyl (C=O) groups is 1. The second-order valence-corrected chi connectivity index (χ2v) is 6.69. The van der Waals surface area contributed by atoms with Crippen LogP contribution in [0.4, 0.5) is 0 Å². The van der Waals surface area contributed by atoms with Gasteiger partial charge in [-0.3, -0.25) is 4.79 Å². The molecule has 0 aromatic rings. The van der Waals surface area contributed by atoms with Crippen LogP contribution in [-0.2, 0) is 4.79 Å². The number of carbonyl (C=O) groups excluding carboxylic acids is 1. The highest BCUT2D eigenvalue weighted by Gasteiger charge is 1.99. The van der Waals surface area contributed by atoms with Crippen molar-refractivity contribution in [2.75, 3.05) is 0 Å². The number of allylic oxidation sites excluding steroid dienone is 8. The molecule has 0 aliphatic heterocycles. The molecule has 0 radical (unpaired) electrons. The van der Waals surface area contributed by atoms with Gasteiger partial charge in [0.25, 0.3) is 0 Å². The summed E-state index contributed by atoms with van der Waals surface area (Å²) in [4.78, 5) is 11.9. The Morgan fingerprint density at radius 2 is 1.00 bits per heavy atom. The zero-order valence-electron chi connectivity index (χ0n) is 15.5. The number of hydrogen-bond donors (Lipinski definition) is 0. The van der Waals surface area contributed by atoms with Crippen LogP contribution < -0.4 is 0 Å². The highest BCUT2D eigenvalue weighted by molar-refractivity contribution is 5.81. The summed E-state index contributed by atoms with van der Waals surface area (Å²) in [6, 6.07) is 0. The molecule has 1 heteroatoms. The molecule has 22 heavy (non-hydrogen) atoms. The molecule has 1 nitrogen and oxygen atoms in total. The van der Waals surface area contributed by atoms with E-state index in [0.29, 0.717) is 18.6 Å². The van der Waals surface area contributed by atoms with Crippen molar-refractivity contribution in [1.82, 2.24) is 0 Å². The van der Waals surface area contributed by atoms with Crippen LogP contribution in [0.5, 0.6) is 0 Å². The second kappa shape index (κ2) is 12.2. The predicted octanol–water partition coefficient (Wildman–Crippen LogP) is 6.72. The molecular formula is C21H34O. The minimum atomic E-state index is 0.308. The molecule has 0 N–H and O–H groups in total. The van der Waals surface area contributed by atoms with Gasteiger partial charge >= 0.3 is 0 Å². The standard InChI is InChI=1S/C21H34O/c1-17(2)9-7-11-19(5)13-15-21(22)16-14-20(6)12-8-10-18(3)4/h9-10,13-14H,7-8,11-12,15-16H2,1-6H3. The van der Waals surface area contributed by atoms with Crippen LogP contribution in [0.2, 0.25) is 0 Å². The minimum Gasteiger partial charge on any atom is -0.299 e. The van der Waals surface area contributed by atoms with Crippen molar-refractivity contribution in [2.24, 2.45) is 0 Å². The predicted molar refractivity (Wildman–Crippen MR) is 99.1 cm³/mol. The molecule has 0 amide bonds. The molecule has 0 heterocycles. The molecule has 0 spiro atoms. The Bertz CT molecular complexity index is 408. The zero-order valence-corrected chi connectivity index (χ0v) is 15.5. The maximum absolute atomic E-state index is 11.9. The van der Waals surface area contributed by atoms with Crippen LogP contribution in [0.25, 0.3) is 0 Å². The third-order valence-corrected chi connectivity index (χ3v) is 3.54. The Hall–Kier alpha value is -1.37. The van der Waals surface area contributed by atoms with Gasteiger partial charge in [-0.1, -0.05) is 46.6 Å². The van der Waals surface area contributed by atoms with Crippen LogP contribution in [-0.4, -0.2) is 5.78 Å². The van der Waals surface area contributed by atoms with Crippen LogP contribution in [0, 0.1) is 0 Å². The Balaban J connectivity index is 4.07. The smallest absolute Gasteiger partial charge is 0.140 e. The van der Waals surface area contributed by atoms with Crippen molar-refractivity contribution in [2.45, 2.75) is 80.1 Å². The van der Waals surface area contributed by atoms with Gasteiger partial charge in [0.1, 0.15) is 5.78 Å². The lowest BCUT2D eigenvalue weighted by Crippen LogP contribution is -1.94. The lowest BCUT2D eigenvalue weighted by atomic mass is 10.1. The molecule has 0 aliphatic carbocycles. The van der Waals surface area contributed by atoms with Crippen molar-refractivity contribution in [3.63, 3.8) is 0 Å². The summed E-state index contributed by atoms with van der Waals surface area (Å²) in [6.07, 6.45) is 14.1. The fourth-order valence-corrected chi connectivity index (χ4v) is 2.04. The molecule has 0 saturated carbocycles. The first-order chi connectivity index (χ1) is 10.3. The van der Waals surface area contributed by atoms with Crippen molar-refractivity contribution in [1.29, 1.82) is 0 Å². The number of hydrogen-bond acceptors (Lipinski definition) is 1.